The van der Waals surface area contributed by atoms with Crippen molar-refractivity contribution >= 4 is 29.2 Å². The van der Waals surface area contributed by atoms with Gasteiger partial charge >= 0.3 is 5.97 Å². The Morgan fingerprint density at radius 2 is 1.75 bits per heavy atom. The maximum atomic E-state index is 11.9. The second kappa shape index (κ2) is 7.49. The minimum Gasteiger partial charge on any atom is -0.452 e. The first-order valence-corrected chi connectivity index (χ1v) is 7.96. The summed E-state index contributed by atoms with van der Waals surface area (Å²) in [5.41, 5.74) is 2.19. The summed E-state index contributed by atoms with van der Waals surface area (Å²) in [6, 6.07) is 14.0. The lowest BCUT2D eigenvalue weighted by Gasteiger charge is -2.19. The summed E-state index contributed by atoms with van der Waals surface area (Å²) in [7, 11) is 0. The first-order chi connectivity index (χ1) is 11.3. The van der Waals surface area contributed by atoms with Gasteiger partial charge in [-0.3, -0.25) is 4.79 Å². The second-order valence-electron chi connectivity index (χ2n) is 6.46. The number of ether oxygens (including phenoxy) is 1. The third-order valence-corrected chi connectivity index (χ3v) is 3.66. The summed E-state index contributed by atoms with van der Waals surface area (Å²) >= 11 is 5.82. The molecule has 4 nitrogen and oxygen atoms in total. The fraction of sp³-hybridized carbons (Fsp3) is 0.263. The van der Waals surface area contributed by atoms with Crippen LogP contribution in [0.3, 0.4) is 0 Å². The molecule has 0 fully saturated rings. The molecule has 0 atom stereocenters. The molecule has 1 amide bonds. The van der Waals surface area contributed by atoms with Gasteiger partial charge in [-0.25, -0.2) is 4.79 Å². The molecule has 0 saturated carbocycles. The molecule has 24 heavy (non-hydrogen) atoms. The van der Waals surface area contributed by atoms with E-state index < -0.39 is 11.9 Å². The number of anilines is 1. The number of carbonyl (C=O) groups excluding carboxylic acids is 2. The largest absolute Gasteiger partial charge is 0.452 e. The summed E-state index contributed by atoms with van der Waals surface area (Å²) in [5.74, 6) is -0.982. The monoisotopic (exact) mass is 345 g/mol. The summed E-state index contributed by atoms with van der Waals surface area (Å²) < 4.78 is 4.99. The van der Waals surface area contributed by atoms with Gasteiger partial charge < -0.3 is 10.1 Å². The highest BCUT2D eigenvalue weighted by atomic mass is 35.5. The van der Waals surface area contributed by atoms with Crippen LogP contribution < -0.4 is 5.32 Å². The molecule has 0 aliphatic heterocycles. The predicted octanol–water partition coefficient (Wildman–Crippen LogP) is 4.43. The Bertz CT molecular complexity index is 733. The van der Waals surface area contributed by atoms with Gasteiger partial charge in [-0.15, -0.1) is 0 Å². The lowest BCUT2D eigenvalue weighted by Crippen LogP contribution is -2.21. The Balaban J connectivity index is 1.88. The highest BCUT2D eigenvalue weighted by molar-refractivity contribution is 6.30. The summed E-state index contributed by atoms with van der Waals surface area (Å²) in [5, 5.41) is 3.13. The van der Waals surface area contributed by atoms with E-state index in [0.29, 0.717) is 16.3 Å². The first-order valence-electron chi connectivity index (χ1n) is 7.59. The van der Waals surface area contributed by atoms with Crippen LogP contribution in [0, 0.1) is 0 Å². The molecule has 0 unspecified atom stereocenters. The fourth-order valence-corrected chi connectivity index (χ4v) is 2.27. The Hall–Kier alpha value is -2.33. The molecule has 0 spiro atoms. The van der Waals surface area contributed by atoms with E-state index in [2.05, 4.69) is 26.1 Å². The van der Waals surface area contributed by atoms with E-state index in [1.54, 1.807) is 18.2 Å². The van der Waals surface area contributed by atoms with Gasteiger partial charge in [-0.2, -0.15) is 0 Å². The minimum absolute atomic E-state index is 0.0506. The van der Waals surface area contributed by atoms with Gasteiger partial charge in [0.1, 0.15) is 0 Å². The zero-order valence-electron chi connectivity index (χ0n) is 13.9. The molecule has 2 rings (SSSR count). The molecular weight excluding hydrogens is 326 g/mol. The fourth-order valence-electron chi connectivity index (χ4n) is 2.08. The van der Waals surface area contributed by atoms with Crippen molar-refractivity contribution < 1.29 is 14.3 Å². The Morgan fingerprint density at radius 1 is 1.08 bits per heavy atom. The SMILES string of the molecule is CC(C)(C)c1ccc(NC(=O)COC(=O)c2cccc(Cl)c2)cc1. The van der Waals surface area contributed by atoms with Gasteiger partial charge in [0.05, 0.1) is 5.56 Å². The number of nitrogens with one attached hydrogen (secondary N) is 1. The number of hydrogen-bond donors (Lipinski definition) is 1. The number of benzene rings is 2. The van der Waals surface area contributed by atoms with E-state index in [0.717, 1.165) is 0 Å². The number of carbonyl (C=O) groups is 2. The number of esters is 1. The highest BCUT2D eigenvalue weighted by Gasteiger charge is 2.14. The lowest BCUT2D eigenvalue weighted by molar-refractivity contribution is -0.119. The van der Waals surface area contributed by atoms with Crippen LogP contribution in [0.25, 0.3) is 0 Å². The molecule has 0 saturated heterocycles. The summed E-state index contributed by atoms with van der Waals surface area (Å²) in [4.78, 5) is 23.7. The van der Waals surface area contributed by atoms with Crippen molar-refractivity contribution in [2.45, 2.75) is 26.2 Å². The van der Waals surface area contributed by atoms with Crippen LogP contribution in [0.15, 0.2) is 48.5 Å². The van der Waals surface area contributed by atoms with Crippen molar-refractivity contribution in [2.75, 3.05) is 11.9 Å². The topological polar surface area (TPSA) is 55.4 Å². The van der Waals surface area contributed by atoms with Crippen molar-refractivity contribution in [3.63, 3.8) is 0 Å². The maximum absolute atomic E-state index is 11.9. The van der Waals surface area contributed by atoms with E-state index in [1.807, 2.05) is 24.3 Å². The molecule has 2 aromatic carbocycles. The molecule has 126 valence electrons. The molecule has 1 N–H and O–H groups in total. The molecule has 0 heterocycles. The highest BCUT2D eigenvalue weighted by Crippen LogP contribution is 2.23. The molecule has 0 radical (unpaired) electrons. The van der Waals surface area contributed by atoms with E-state index in [-0.39, 0.29) is 12.0 Å². The predicted molar refractivity (Wildman–Crippen MR) is 95.5 cm³/mol. The van der Waals surface area contributed by atoms with Crippen molar-refractivity contribution in [3.8, 4) is 0 Å². The van der Waals surface area contributed by atoms with E-state index in [4.69, 9.17) is 16.3 Å². The van der Waals surface area contributed by atoms with Crippen LogP contribution in [0.2, 0.25) is 5.02 Å². The molecule has 2 aromatic rings. The third-order valence-electron chi connectivity index (χ3n) is 3.43. The summed E-state index contributed by atoms with van der Waals surface area (Å²) in [6.07, 6.45) is 0. The van der Waals surface area contributed by atoms with Crippen LogP contribution >= 0.6 is 11.6 Å². The van der Waals surface area contributed by atoms with Gasteiger partial charge in [0.25, 0.3) is 5.91 Å². The van der Waals surface area contributed by atoms with Crippen LogP contribution in [0.5, 0.6) is 0 Å². The van der Waals surface area contributed by atoms with Crippen LogP contribution in [0.1, 0.15) is 36.7 Å². The molecular formula is C19H20ClNO3. The van der Waals surface area contributed by atoms with Crippen molar-refractivity contribution in [1.82, 2.24) is 0 Å². The molecule has 5 heteroatoms. The zero-order chi connectivity index (χ0) is 17.7. The molecule has 0 aliphatic carbocycles. The average molecular weight is 346 g/mol. The van der Waals surface area contributed by atoms with E-state index in [1.165, 1.54) is 11.6 Å². The van der Waals surface area contributed by atoms with Gasteiger partial charge in [0, 0.05) is 10.7 Å². The Labute approximate surface area is 146 Å². The van der Waals surface area contributed by atoms with Gasteiger partial charge in [0.2, 0.25) is 0 Å². The third kappa shape index (κ3) is 5.10. The smallest absolute Gasteiger partial charge is 0.338 e. The van der Waals surface area contributed by atoms with Crippen LogP contribution in [-0.4, -0.2) is 18.5 Å². The number of hydrogen-bond acceptors (Lipinski definition) is 3. The van der Waals surface area contributed by atoms with Crippen molar-refractivity contribution in [3.05, 3.63) is 64.7 Å². The van der Waals surface area contributed by atoms with Crippen LogP contribution in [0.4, 0.5) is 5.69 Å². The van der Waals surface area contributed by atoms with Gasteiger partial charge in [-0.1, -0.05) is 50.6 Å². The molecule has 0 aromatic heterocycles. The quantitative estimate of drug-likeness (QED) is 0.834. The average Bonchev–Trinajstić information content (AvgIpc) is 2.52. The number of amides is 1. The maximum Gasteiger partial charge on any atom is 0.338 e. The van der Waals surface area contributed by atoms with Crippen molar-refractivity contribution in [1.29, 1.82) is 0 Å². The normalized spacial score (nSPS) is 11.0. The molecule has 0 bridgehead atoms. The van der Waals surface area contributed by atoms with Gasteiger partial charge in [-0.05, 0) is 41.3 Å². The van der Waals surface area contributed by atoms with E-state index >= 15 is 0 Å². The standard InChI is InChI=1S/C19H20ClNO3/c1-19(2,3)14-7-9-16(10-8-14)21-17(22)12-24-18(23)13-5-4-6-15(20)11-13/h4-11H,12H2,1-3H3,(H,21,22). The zero-order valence-corrected chi connectivity index (χ0v) is 14.7. The van der Waals surface area contributed by atoms with E-state index in [9.17, 15) is 9.59 Å². The summed E-state index contributed by atoms with van der Waals surface area (Å²) in [6.45, 7) is 6.01. The minimum atomic E-state index is -0.587. The van der Waals surface area contributed by atoms with Gasteiger partial charge in [0.15, 0.2) is 6.61 Å². The molecule has 0 aliphatic rings. The number of halogens is 1. The second-order valence-corrected chi connectivity index (χ2v) is 6.90. The number of rotatable bonds is 4. The first kappa shape index (κ1) is 18.0. The Morgan fingerprint density at radius 3 is 2.33 bits per heavy atom. The van der Waals surface area contributed by atoms with Crippen molar-refractivity contribution in [2.24, 2.45) is 0 Å². The van der Waals surface area contributed by atoms with Crippen LogP contribution in [-0.2, 0) is 14.9 Å². The Kier molecular flexibility index (Phi) is 5.62. The lowest BCUT2D eigenvalue weighted by atomic mass is 9.87.